The molecule has 2 atom stereocenters. The van der Waals surface area contributed by atoms with Crippen LogP contribution >= 0.6 is 0 Å². The summed E-state index contributed by atoms with van der Waals surface area (Å²) in [6.07, 6.45) is 2.35. The number of ether oxygens (including phenoxy) is 1. The van der Waals surface area contributed by atoms with Crippen LogP contribution in [0.15, 0.2) is 77.7 Å². The summed E-state index contributed by atoms with van der Waals surface area (Å²) in [7, 11) is 0. The third-order valence-corrected chi connectivity index (χ3v) is 6.58. The number of amides is 1. The predicted molar refractivity (Wildman–Crippen MR) is 131 cm³/mol. The van der Waals surface area contributed by atoms with E-state index in [1.54, 1.807) is 17.2 Å². The minimum atomic E-state index is -0.831. The van der Waals surface area contributed by atoms with Crippen LogP contribution in [0.2, 0.25) is 0 Å². The van der Waals surface area contributed by atoms with Crippen molar-refractivity contribution in [3.05, 3.63) is 94.4 Å². The molecule has 0 aliphatic carbocycles. The Morgan fingerprint density at radius 2 is 1.74 bits per heavy atom. The normalized spacial score (nSPS) is 19.2. The molecular formula is C28H29N3O3. The number of cyclic esters (lactones) is 1. The maximum atomic E-state index is 13.3. The molecule has 2 aromatic carbocycles. The monoisotopic (exact) mass is 455 g/mol. The van der Waals surface area contributed by atoms with Crippen LogP contribution in [0.25, 0.3) is 11.1 Å². The number of nitrogens with zero attached hydrogens (tertiary/aromatic N) is 2. The van der Waals surface area contributed by atoms with Crippen molar-refractivity contribution < 1.29 is 9.53 Å². The average molecular weight is 456 g/mol. The first-order chi connectivity index (χ1) is 16.2. The molecule has 1 aliphatic rings. The van der Waals surface area contributed by atoms with E-state index < -0.39 is 11.0 Å². The lowest BCUT2D eigenvalue weighted by molar-refractivity contribution is -0.0770. The van der Waals surface area contributed by atoms with Crippen LogP contribution in [-0.4, -0.2) is 22.5 Å². The Morgan fingerprint density at radius 1 is 1.06 bits per heavy atom. The molecule has 34 heavy (non-hydrogen) atoms. The van der Waals surface area contributed by atoms with Crippen LogP contribution in [-0.2, 0) is 10.3 Å². The van der Waals surface area contributed by atoms with Gasteiger partial charge in [0.1, 0.15) is 5.60 Å². The highest BCUT2D eigenvalue weighted by atomic mass is 16.6. The van der Waals surface area contributed by atoms with Crippen molar-refractivity contribution >= 4 is 6.09 Å². The van der Waals surface area contributed by atoms with Gasteiger partial charge in [-0.3, -0.25) is 4.79 Å². The van der Waals surface area contributed by atoms with Crippen molar-refractivity contribution in [1.29, 1.82) is 5.26 Å². The Morgan fingerprint density at radius 3 is 2.32 bits per heavy atom. The Kier molecular flexibility index (Phi) is 6.30. The second-order valence-corrected chi connectivity index (χ2v) is 9.58. The summed E-state index contributed by atoms with van der Waals surface area (Å²) in [5.41, 5.74) is 2.21. The SMILES string of the molecule is C[C@@H](c1ccc(-c2ccc(=O)[nH]c2)cc1)N1CC[C@@](CC(C)(C)C#N)(c2ccccc2)OC1=O. The fourth-order valence-electron chi connectivity index (χ4n) is 4.67. The zero-order valence-electron chi connectivity index (χ0n) is 19.7. The van der Waals surface area contributed by atoms with Crippen LogP contribution in [0, 0.1) is 16.7 Å². The molecule has 1 saturated heterocycles. The van der Waals surface area contributed by atoms with E-state index in [1.807, 2.05) is 75.4 Å². The molecule has 6 heteroatoms. The van der Waals surface area contributed by atoms with Crippen LogP contribution in [0.4, 0.5) is 4.79 Å². The molecule has 4 rings (SSSR count). The Hall–Kier alpha value is -3.85. The summed E-state index contributed by atoms with van der Waals surface area (Å²) in [4.78, 5) is 29.0. The third kappa shape index (κ3) is 4.74. The van der Waals surface area contributed by atoms with E-state index >= 15 is 0 Å². The van der Waals surface area contributed by atoms with Crippen LogP contribution in [0.5, 0.6) is 0 Å². The number of benzene rings is 2. The molecule has 1 fully saturated rings. The van der Waals surface area contributed by atoms with Gasteiger partial charge in [0.15, 0.2) is 0 Å². The number of pyridine rings is 1. The molecule has 3 aromatic rings. The lowest BCUT2D eigenvalue weighted by Gasteiger charge is -2.45. The molecular weight excluding hydrogens is 426 g/mol. The van der Waals surface area contributed by atoms with Gasteiger partial charge in [-0.05, 0) is 49.1 Å². The van der Waals surface area contributed by atoms with Gasteiger partial charge in [0, 0.05) is 31.6 Å². The maximum absolute atomic E-state index is 13.3. The second kappa shape index (κ2) is 9.18. The first-order valence-corrected chi connectivity index (χ1v) is 11.5. The maximum Gasteiger partial charge on any atom is 0.411 e. The highest BCUT2D eigenvalue weighted by molar-refractivity contribution is 5.70. The lowest BCUT2D eigenvalue weighted by atomic mass is 9.75. The molecule has 1 aliphatic heterocycles. The van der Waals surface area contributed by atoms with Crippen molar-refractivity contribution in [3.63, 3.8) is 0 Å². The molecule has 1 aromatic heterocycles. The van der Waals surface area contributed by atoms with Gasteiger partial charge in [-0.15, -0.1) is 0 Å². The third-order valence-electron chi connectivity index (χ3n) is 6.58. The molecule has 6 nitrogen and oxygen atoms in total. The summed E-state index contributed by atoms with van der Waals surface area (Å²) in [6.45, 7) is 6.28. The molecule has 0 radical (unpaired) electrons. The number of carbonyl (C=O) groups excluding carboxylic acids is 1. The van der Waals surface area contributed by atoms with E-state index in [0.717, 1.165) is 22.3 Å². The highest BCUT2D eigenvalue weighted by Crippen LogP contribution is 2.44. The fraction of sp³-hybridized carbons (Fsp3) is 0.321. The zero-order valence-corrected chi connectivity index (χ0v) is 19.7. The quantitative estimate of drug-likeness (QED) is 0.510. The summed E-state index contributed by atoms with van der Waals surface area (Å²) in [5, 5.41) is 9.64. The van der Waals surface area contributed by atoms with Crippen LogP contribution in [0.1, 0.15) is 50.8 Å². The number of aromatic nitrogens is 1. The van der Waals surface area contributed by atoms with E-state index in [-0.39, 0.29) is 17.7 Å². The van der Waals surface area contributed by atoms with Crippen LogP contribution < -0.4 is 5.56 Å². The van der Waals surface area contributed by atoms with E-state index in [1.165, 1.54) is 6.07 Å². The molecule has 0 spiro atoms. The number of hydrogen-bond donors (Lipinski definition) is 1. The minimum Gasteiger partial charge on any atom is -0.438 e. The fourth-order valence-corrected chi connectivity index (χ4v) is 4.67. The van der Waals surface area contributed by atoms with E-state index in [4.69, 9.17) is 4.74 Å². The van der Waals surface area contributed by atoms with Gasteiger partial charge in [0.2, 0.25) is 5.56 Å². The number of rotatable bonds is 6. The molecule has 174 valence electrons. The molecule has 0 saturated carbocycles. The minimum absolute atomic E-state index is 0.137. The highest BCUT2D eigenvalue weighted by Gasteiger charge is 2.46. The zero-order chi connectivity index (χ0) is 24.3. The molecule has 1 amide bonds. The van der Waals surface area contributed by atoms with E-state index in [9.17, 15) is 14.9 Å². The van der Waals surface area contributed by atoms with Gasteiger partial charge in [-0.1, -0.05) is 54.6 Å². The average Bonchev–Trinajstić information content (AvgIpc) is 2.85. The standard InChI is InChI=1S/C28H29N3O3/c1-20(21-9-11-22(12-10-21)23-13-14-25(32)30-17-23)31-16-15-28(34-26(31)33,18-27(2,3)19-29)24-7-5-4-6-8-24/h4-14,17,20H,15-16,18H2,1-3H3,(H,30,32)/t20-,28+/m0/s1. The number of carbonyl (C=O) groups is 1. The number of nitriles is 1. The molecule has 2 heterocycles. The molecule has 0 bridgehead atoms. The van der Waals surface area contributed by atoms with Crippen molar-refractivity contribution in [2.45, 2.75) is 45.3 Å². The summed E-state index contributed by atoms with van der Waals surface area (Å²) in [6, 6.07) is 23.2. The van der Waals surface area contributed by atoms with Gasteiger partial charge >= 0.3 is 6.09 Å². The number of nitrogens with one attached hydrogen (secondary N) is 1. The Balaban J connectivity index is 1.55. The second-order valence-electron chi connectivity index (χ2n) is 9.58. The largest absolute Gasteiger partial charge is 0.438 e. The van der Waals surface area contributed by atoms with Gasteiger partial charge in [-0.2, -0.15) is 5.26 Å². The number of hydrogen-bond acceptors (Lipinski definition) is 4. The first kappa shape index (κ1) is 23.3. The Bertz CT molecular complexity index is 1240. The smallest absolute Gasteiger partial charge is 0.411 e. The van der Waals surface area contributed by atoms with Crippen molar-refractivity contribution in [3.8, 4) is 17.2 Å². The van der Waals surface area contributed by atoms with Crippen molar-refractivity contribution in [2.75, 3.05) is 6.54 Å². The lowest BCUT2D eigenvalue weighted by Crippen LogP contribution is -2.50. The Labute approximate surface area is 199 Å². The van der Waals surface area contributed by atoms with Crippen molar-refractivity contribution in [2.24, 2.45) is 5.41 Å². The van der Waals surface area contributed by atoms with Crippen molar-refractivity contribution in [1.82, 2.24) is 9.88 Å². The molecule has 1 N–H and O–H groups in total. The predicted octanol–water partition coefficient (Wildman–Crippen LogP) is 5.78. The van der Waals surface area contributed by atoms with Gasteiger partial charge in [0.25, 0.3) is 0 Å². The summed E-state index contributed by atoms with van der Waals surface area (Å²) < 4.78 is 6.16. The molecule has 0 unspecified atom stereocenters. The number of aromatic amines is 1. The topological polar surface area (TPSA) is 86.2 Å². The van der Waals surface area contributed by atoms with Gasteiger partial charge in [-0.25, -0.2) is 4.79 Å². The summed E-state index contributed by atoms with van der Waals surface area (Å²) in [5.74, 6) is 0. The van der Waals surface area contributed by atoms with E-state index in [0.29, 0.717) is 19.4 Å². The number of H-pyrrole nitrogens is 1. The van der Waals surface area contributed by atoms with Crippen LogP contribution in [0.3, 0.4) is 0 Å². The van der Waals surface area contributed by atoms with Gasteiger partial charge in [0.05, 0.1) is 17.5 Å². The van der Waals surface area contributed by atoms with Gasteiger partial charge < -0.3 is 14.6 Å². The van der Waals surface area contributed by atoms with E-state index in [2.05, 4.69) is 11.1 Å². The first-order valence-electron chi connectivity index (χ1n) is 11.5. The summed E-state index contributed by atoms with van der Waals surface area (Å²) >= 11 is 0.